The van der Waals surface area contributed by atoms with Crippen LogP contribution in [-0.2, 0) is 5.41 Å². The summed E-state index contributed by atoms with van der Waals surface area (Å²) in [4.78, 5) is 0. The molecule has 1 aliphatic rings. The molecule has 0 aromatic heterocycles. The first-order valence-corrected chi connectivity index (χ1v) is 5.53. The Balaban J connectivity index is 2.27. The fourth-order valence-corrected chi connectivity index (χ4v) is 1.64. The monoisotopic (exact) mass is 205 g/mol. The highest BCUT2D eigenvalue weighted by molar-refractivity contribution is 5.53. The van der Waals surface area contributed by atoms with Crippen molar-refractivity contribution in [2.45, 2.75) is 45.1 Å². The van der Waals surface area contributed by atoms with Gasteiger partial charge in [-0.1, -0.05) is 20.8 Å². The summed E-state index contributed by atoms with van der Waals surface area (Å²) >= 11 is 0. The van der Waals surface area contributed by atoms with Crippen molar-refractivity contribution in [3.05, 3.63) is 23.8 Å². The molecule has 82 valence electrons. The van der Waals surface area contributed by atoms with Gasteiger partial charge in [0.2, 0.25) is 0 Å². The molecule has 1 aromatic carbocycles. The highest BCUT2D eigenvalue weighted by Gasteiger charge is 2.24. The predicted octanol–water partition coefficient (Wildman–Crippen LogP) is 3.11. The minimum atomic E-state index is 0.0764. The molecular weight excluding hydrogens is 186 g/mol. The number of anilines is 1. The lowest BCUT2D eigenvalue weighted by atomic mass is 9.86. The van der Waals surface area contributed by atoms with E-state index in [1.165, 1.54) is 18.4 Å². The Bertz CT molecular complexity index is 361. The summed E-state index contributed by atoms with van der Waals surface area (Å²) in [6.45, 7) is 6.50. The van der Waals surface area contributed by atoms with Crippen molar-refractivity contribution in [3.63, 3.8) is 0 Å². The second-order valence-corrected chi connectivity index (χ2v) is 5.32. The van der Waals surface area contributed by atoms with Gasteiger partial charge in [0.25, 0.3) is 0 Å². The van der Waals surface area contributed by atoms with E-state index in [4.69, 9.17) is 10.5 Å². The van der Waals surface area contributed by atoms with E-state index in [0.29, 0.717) is 6.10 Å². The number of hydrogen-bond donors (Lipinski definition) is 1. The Labute approximate surface area is 91.4 Å². The Morgan fingerprint density at radius 2 is 1.93 bits per heavy atom. The average molecular weight is 205 g/mol. The molecule has 0 saturated heterocycles. The van der Waals surface area contributed by atoms with Crippen LogP contribution in [0.2, 0.25) is 0 Å². The van der Waals surface area contributed by atoms with Gasteiger partial charge in [-0.25, -0.2) is 0 Å². The van der Waals surface area contributed by atoms with Gasteiger partial charge in [-0.05, 0) is 42.0 Å². The molecule has 2 rings (SSSR count). The molecule has 0 atom stereocenters. The van der Waals surface area contributed by atoms with Crippen LogP contribution in [0.4, 0.5) is 5.69 Å². The summed E-state index contributed by atoms with van der Waals surface area (Å²) in [5.41, 5.74) is 8.06. The van der Waals surface area contributed by atoms with Crippen LogP contribution in [0.25, 0.3) is 0 Å². The van der Waals surface area contributed by atoms with Crippen molar-refractivity contribution in [1.82, 2.24) is 0 Å². The number of benzene rings is 1. The van der Waals surface area contributed by atoms with E-state index in [-0.39, 0.29) is 5.41 Å². The Morgan fingerprint density at radius 1 is 1.27 bits per heavy atom. The standard InChI is InChI=1S/C13H19NO/c1-13(2,3)11-8-10(6-7-12(11)14)15-9-4-5-9/h6-9H,4-5,14H2,1-3H3. The van der Waals surface area contributed by atoms with Gasteiger partial charge in [0.1, 0.15) is 5.75 Å². The van der Waals surface area contributed by atoms with Crippen LogP contribution in [0.5, 0.6) is 5.75 Å². The zero-order valence-corrected chi connectivity index (χ0v) is 9.71. The second-order valence-electron chi connectivity index (χ2n) is 5.32. The summed E-state index contributed by atoms with van der Waals surface area (Å²) in [6.07, 6.45) is 2.83. The third-order valence-corrected chi connectivity index (χ3v) is 2.66. The number of nitrogens with two attached hydrogens (primary N) is 1. The molecule has 2 N–H and O–H groups in total. The summed E-state index contributed by atoms with van der Waals surface area (Å²) < 4.78 is 5.76. The van der Waals surface area contributed by atoms with Gasteiger partial charge in [-0.2, -0.15) is 0 Å². The molecule has 0 heterocycles. The van der Waals surface area contributed by atoms with Crippen LogP contribution in [-0.4, -0.2) is 6.10 Å². The van der Waals surface area contributed by atoms with Gasteiger partial charge in [0.05, 0.1) is 6.10 Å². The molecule has 0 aliphatic heterocycles. The zero-order chi connectivity index (χ0) is 11.1. The van der Waals surface area contributed by atoms with E-state index in [1.807, 2.05) is 12.1 Å². The average Bonchev–Trinajstić information content (AvgIpc) is 2.90. The third kappa shape index (κ3) is 2.44. The molecule has 1 saturated carbocycles. The summed E-state index contributed by atoms with van der Waals surface area (Å²) in [6, 6.07) is 5.98. The maximum Gasteiger partial charge on any atom is 0.120 e. The quantitative estimate of drug-likeness (QED) is 0.753. The SMILES string of the molecule is CC(C)(C)c1cc(OC2CC2)ccc1N. The largest absolute Gasteiger partial charge is 0.490 e. The van der Waals surface area contributed by atoms with Crippen LogP contribution in [0.3, 0.4) is 0 Å². The topological polar surface area (TPSA) is 35.2 Å². The molecule has 0 radical (unpaired) electrons. The molecule has 0 amide bonds. The minimum absolute atomic E-state index is 0.0764. The molecule has 2 nitrogen and oxygen atoms in total. The summed E-state index contributed by atoms with van der Waals surface area (Å²) in [7, 11) is 0. The van der Waals surface area contributed by atoms with Crippen molar-refractivity contribution in [2.24, 2.45) is 0 Å². The van der Waals surface area contributed by atoms with Crippen LogP contribution < -0.4 is 10.5 Å². The number of ether oxygens (including phenoxy) is 1. The van der Waals surface area contributed by atoms with E-state index in [0.717, 1.165) is 11.4 Å². The van der Waals surface area contributed by atoms with Crippen molar-refractivity contribution in [3.8, 4) is 5.75 Å². The maximum absolute atomic E-state index is 5.97. The second kappa shape index (κ2) is 3.44. The van der Waals surface area contributed by atoms with Gasteiger partial charge in [-0.15, -0.1) is 0 Å². The smallest absolute Gasteiger partial charge is 0.120 e. The Hall–Kier alpha value is -1.18. The number of rotatable bonds is 2. The van der Waals surface area contributed by atoms with Crippen molar-refractivity contribution in [2.75, 3.05) is 5.73 Å². The molecule has 1 aliphatic carbocycles. The van der Waals surface area contributed by atoms with Crippen molar-refractivity contribution in [1.29, 1.82) is 0 Å². The highest BCUT2D eigenvalue weighted by Crippen LogP contribution is 2.33. The van der Waals surface area contributed by atoms with Crippen LogP contribution in [0.15, 0.2) is 18.2 Å². The first-order valence-electron chi connectivity index (χ1n) is 5.53. The van der Waals surface area contributed by atoms with Gasteiger partial charge in [0.15, 0.2) is 0 Å². The van der Waals surface area contributed by atoms with Gasteiger partial charge in [-0.3, -0.25) is 0 Å². The number of hydrogen-bond acceptors (Lipinski definition) is 2. The summed E-state index contributed by atoms with van der Waals surface area (Å²) in [5, 5.41) is 0. The molecule has 1 aromatic rings. The fraction of sp³-hybridized carbons (Fsp3) is 0.538. The third-order valence-electron chi connectivity index (χ3n) is 2.66. The Kier molecular flexibility index (Phi) is 2.37. The lowest BCUT2D eigenvalue weighted by Gasteiger charge is -2.22. The van der Waals surface area contributed by atoms with E-state index < -0.39 is 0 Å². The van der Waals surface area contributed by atoms with Gasteiger partial charge >= 0.3 is 0 Å². The van der Waals surface area contributed by atoms with E-state index in [2.05, 4.69) is 26.8 Å². The van der Waals surface area contributed by atoms with Crippen LogP contribution in [0.1, 0.15) is 39.2 Å². The van der Waals surface area contributed by atoms with Crippen molar-refractivity contribution < 1.29 is 4.74 Å². The lowest BCUT2D eigenvalue weighted by Crippen LogP contribution is -2.14. The summed E-state index contributed by atoms with van der Waals surface area (Å²) in [5.74, 6) is 0.955. The fourth-order valence-electron chi connectivity index (χ4n) is 1.64. The molecule has 15 heavy (non-hydrogen) atoms. The molecule has 0 spiro atoms. The van der Waals surface area contributed by atoms with Gasteiger partial charge in [0, 0.05) is 5.69 Å². The predicted molar refractivity (Wildman–Crippen MR) is 63.2 cm³/mol. The van der Waals surface area contributed by atoms with Crippen molar-refractivity contribution >= 4 is 5.69 Å². The first kappa shape index (κ1) is 10.3. The maximum atomic E-state index is 5.97. The van der Waals surface area contributed by atoms with Gasteiger partial charge < -0.3 is 10.5 Å². The lowest BCUT2D eigenvalue weighted by molar-refractivity contribution is 0.302. The van der Waals surface area contributed by atoms with Crippen LogP contribution >= 0.6 is 0 Å². The minimum Gasteiger partial charge on any atom is -0.490 e. The molecule has 1 fully saturated rings. The Morgan fingerprint density at radius 3 is 2.47 bits per heavy atom. The number of nitrogen functional groups attached to an aromatic ring is 1. The zero-order valence-electron chi connectivity index (χ0n) is 9.71. The molecule has 0 unspecified atom stereocenters. The highest BCUT2D eigenvalue weighted by atomic mass is 16.5. The normalized spacial score (nSPS) is 16.5. The van der Waals surface area contributed by atoms with E-state index in [1.54, 1.807) is 0 Å². The molecule has 0 bridgehead atoms. The molecule has 2 heteroatoms. The van der Waals surface area contributed by atoms with Crippen LogP contribution in [0, 0.1) is 0 Å². The van der Waals surface area contributed by atoms with E-state index >= 15 is 0 Å². The van der Waals surface area contributed by atoms with E-state index in [9.17, 15) is 0 Å². The first-order chi connectivity index (χ1) is 6.97. The molecular formula is C13H19NO.